The van der Waals surface area contributed by atoms with Crippen molar-refractivity contribution in [1.29, 1.82) is 0 Å². The first kappa shape index (κ1) is 23.2. The molecule has 8 heteroatoms. The third kappa shape index (κ3) is 9.32. The predicted molar refractivity (Wildman–Crippen MR) is 127 cm³/mol. The lowest BCUT2D eigenvalue weighted by molar-refractivity contribution is 0.251. The molecule has 0 atom stereocenters. The number of hydrogen-bond acceptors (Lipinski definition) is 2. The maximum absolute atomic E-state index is 11.8. The van der Waals surface area contributed by atoms with Crippen molar-refractivity contribution in [2.75, 3.05) is 34.4 Å². The summed E-state index contributed by atoms with van der Waals surface area (Å²) in [4.78, 5) is 23.5. The molecule has 156 valence electrons. The van der Waals surface area contributed by atoms with Gasteiger partial charge in [-0.1, -0.05) is 56.1 Å². The van der Waals surface area contributed by atoms with Gasteiger partial charge in [0.15, 0.2) is 0 Å². The highest BCUT2D eigenvalue weighted by molar-refractivity contribution is 9.09. The Morgan fingerprint density at radius 1 is 0.655 bits per heavy atom. The fourth-order valence-electron chi connectivity index (χ4n) is 2.54. The van der Waals surface area contributed by atoms with Crippen LogP contribution in [0, 0.1) is 0 Å². The molecule has 0 bridgehead atoms. The van der Waals surface area contributed by atoms with Crippen molar-refractivity contribution in [3.63, 3.8) is 0 Å². The van der Waals surface area contributed by atoms with E-state index in [0.717, 1.165) is 52.4 Å². The van der Waals surface area contributed by atoms with Gasteiger partial charge in [-0.2, -0.15) is 0 Å². The first-order valence-corrected chi connectivity index (χ1v) is 11.7. The van der Waals surface area contributed by atoms with Gasteiger partial charge in [0, 0.05) is 35.1 Å². The lowest BCUT2D eigenvalue weighted by Crippen LogP contribution is -2.29. The van der Waals surface area contributed by atoms with Gasteiger partial charge in [-0.3, -0.25) is 0 Å². The second-order valence-corrected chi connectivity index (χ2v) is 8.00. The molecule has 0 unspecified atom stereocenters. The summed E-state index contributed by atoms with van der Waals surface area (Å²) in [6.07, 6.45) is 2.56. The second-order valence-electron chi connectivity index (χ2n) is 6.42. The number of carbonyl (C=O) groups is 2. The summed E-state index contributed by atoms with van der Waals surface area (Å²) >= 11 is 6.67. The highest BCUT2D eigenvalue weighted by Crippen LogP contribution is 2.16. The molecule has 0 saturated heterocycles. The summed E-state index contributed by atoms with van der Waals surface area (Å²) in [6, 6.07) is 15.2. The Morgan fingerprint density at radius 3 is 1.38 bits per heavy atom. The molecule has 0 spiro atoms. The van der Waals surface area contributed by atoms with E-state index < -0.39 is 0 Å². The van der Waals surface area contributed by atoms with E-state index >= 15 is 0 Å². The van der Waals surface area contributed by atoms with Crippen LogP contribution < -0.4 is 21.3 Å². The number of benzene rings is 2. The molecule has 2 aromatic rings. The Balaban J connectivity index is 1.80. The van der Waals surface area contributed by atoms with Crippen LogP contribution >= 0.6 is 31.9 Å². The van der Waals surface area contributed by atoms with E-state index in [0.29, 0.717) is 13.1 Å². The molecule has 29 heavy (non-hydrogen) atoms. The second kappa shape index (κ2) is 13.2. The fraction of sp³-hybridized carbons (Fsp3) is 0.333. The van der Waals surface area contributed by atoms with Gasteiger partial charge in [-0.15, -0.1) is 0 Å². The highest BCUT2D eigenvalue weighted by atomic mass is 79.9. The van der Waals surface area contributed by atoms with E-state index in [4.69, 9.17) is 0 Å². The Hall–Kier alpha value is -2.06. The molecule has 0 radical (unpaired) electrons. The van der Waals surface area contributed by atoms with Crippen molar-refractivity contribution >= 4 is 55.3 Å². The summed E-state index contributed by atoms with van der Waals surface area (Å²) in [5.41, 5.74) is 3.80. The zero-order valence-electron chi connectivity index (χ0n) is 16.1. The molecule has 4 N–H and O–H groups in total. The molecule has 0 fully saturated rings. The molecule has 2 rings (SSSR count). The molecule has 0 aliphatic heterocycles. The number of urea groups is 2. The van der Waals surface area contributed by atoms with Crippen molar-refractivity contribution < 1.29 is 9.59 Å². The number of anilines is 2. The topological polar surface area (TPSA) is 82.3 Å². The van der Waals surface area contributed by atoms with E-state index in [1.54, 1.807) is 0 Å². The Bertz CT molecular complexity index is 702. The smallest absolute Gasteiger partial charge is 0.319 e. The van der Waals surface area contributed by atoms with Gasteiger partial charge in [-0.05, 0) is 54.7 Å². The van der Waals surface area contributed by atoms with Gasteiger partial charge >= 0.3 is 12.1 Å². The van der Waals surface area contributed by atoms with Crippen molar-refractivity contribution in [2.24, 2.45) is 0 Å². The number of hydrogen-bond donors (Lipinski definition) is 4. The lowest BCUT2D eigenvalue weighted by Gasteiger charge is -2.09. The minimum Gasteiger partial charge on any atom is -0.338 e. The van der Waals surface area contributed by atoms with Crippen LogP contribution in [0.3, 0.4) is 0 Å². The molecule has 0 aromatic heterocycles. The molecular formula is C21H26Br2N4O2. The van der Waals surface area contributed by atoms with E-state index in [1.165, 1.54) is 0 Å². The van der Waals surface area contributed by atoms with Gasteiger partial charge < -0.3 is 21.3 Å². The normalized spacial score (nSPS) is 10.3. The summed E-state index contributed by atoms with van der Waals surface area (Å²) in [5.74, 6) is 0. The summed E-state index contributed by atoms with van der Waals surface area (Å²) in [6.45, 7) is 1.27. The van der Waals surface area contributed by atoms with Crippen LogP contribution in [-0.4, -0.2) is 35.8 Å². The van der Waals surface area contributed by atoms with Crippen LogP contribution in [0.4, 0.5) is 21.0 Å². The van der Waals surface area contributed by atoms with Crippen LogP contribution in [0.15, 0.2) is 48.5 Å². The molecule has 0 aliphatic rings. The van der Waals surface area contributed by atoms with Crippen LogP contribution in [0.25, 0.3) is 0 Å². The first-order valence-electron chi connectivity index (χ1n) is 9.50. The zero-order chi connectivity index (χ0) is 20.9. The summed E-state index contributed by atoms with van der Waals surface area (Å²) in [7, 11) is 0. The largest absolute Gasteiger partial charge is 0.338 e. The minimum absolute atomic E-state index is 0.196. The third-order valence-corrected chi connectivity index (χ3v) is 5.15. The van der Waals surface area contributed by atoms with Gasteiger partial charge in [0.2, 0.25) is 0 Å². The molecule has 2 aromatic carbocycles. The van der Waals surface area contributed by atoms with Crippen molar-refractivity contribution in [3.8, 4) is 0 Å². The zero-order valence-corrected chi connectivity index (χ0v) is 19.3. The molecule has 0 heterocycles. The third-order valence-electron chi connectivity index (χ3n) is 4.02. The van der Waals surface area contributed by atoms with Crippen LogP contribution in [0.5, 0.6) is 0 Å². The number of halogens is 2. The van der Waals surface area contributed by atoms with Crippen LogP contribution in [0.1, 0.15) is 24.0 Å². The minimum atomic E-state index is -0.196. The van der Waals surface area contributed by atoms with Gasteiger partial charge in [0.1, 0.15) is 0 Å². The molecular weight excluding hydrogens is 500 g/mol. The van der Waals surface area contributed by atoms with Crippen molar-refractivity contribution in [3.05, 3.63) is 59.7 Å². The molecule has 4 amide bonds. The van der Waals surface area contributed by atoms with E-state index in [2.05, 4.69) is 53.1 Å². The number of rotatable bonds is 10. The lowest BCUT2D eigenvalue weighted by atomic mass is 10.0. The van der Waals surface area contributed by atoms with Crippen molar-refractivity contribution in [1.82, 2.24) is 10.6 Å². The number of nitrogens with one attached hydrogen (secondary N) is 4. The molecule has 6 nitrogen and oxygen atoms in total. The highest BCUT2D eigenvalue weighted by Gasteiger charge is 2.03. The van der Waals surface area contributed by atoms with E-state index in [-0.39, 0.29) is 12.1 Å². The maximum atomic E-state index is 11.8. The fourth-order valence-corrected chi connectivity index (χ4v) is 3.10. The average molecular weight is 526 g/mol. The number of alkyl halides is 2. The van der Waals surface area contributed by atoms with E-state index in [1.807, 2.05) is 48.5 Å². The summed E-state index contributed by atoms with van der Waals surface area (Å²) < 4.78 is 0. The van der Waals surface area contributed by atoms with Crippen LogP contribution in [-0.2, 0) is 6.42 Å². The monoisotopic (exact) mass is 524 g/mol. The Kier molecular flexibility index (Phi) is 10.6. The Labute approximate surface area is 188 Å². The summed E-state index contributed by atoms with van der Waals surface area (Å²) in [5, 5.41) is 13.0. The maximum Gasteiger partial charge on any atom is 0.319 e. The van der Waals surface area contributed by atoms with Crippen molar-refractivity contribution in [2.45, 2.75) is 19.3 Å². The van der Waals surface area contributed by atoms with E-state index in [9.17, 15) is 9.59 Å². The Morgan fingerprint density at radius 2 is 1.03 bits per heavy atom. The predicted octanol–water partition coefficient (Wildman–Crippen LogP) is 5.09. The van der Waals surface area contributed by atoms with Gasteiger partial charge in [0.25, 0.3) is 0 Å². The van der Waals surface area contributed by atoms with Gasteiger partial charge in [-0.25, -0.2) is 9.59 Å². The average Bonchev–Trinajstić information content (AvgIpc) is 2.71. The number of amides is 4. The molecule has 0 saturated carbocycles. The first-order chi connectivity index (χ1) is 14.1. The number of carbonyl (C=O) groups excluding carboxylic acids is 2. The molecule has 0 aliphatic carbocycles. The quantitative estimate of drug-likeness (QED) is 0.257. The van der Waals surface area contributed by atoms with Gasteiger partial charge in [0.05, 0.1) is 0 Å². The van der Waals surface area contributed by atoms with Crippen LogP contribution in [0.2, 0.25) is 0 Å². The SMILES string of the molecule is O=C(NCCCBr)Nc1ccc(Cc2ccc(NC(=O)NCCCBr)cc2)cc1. The standard InChI is InChI=1S/C21H26Br2N4O2/c22-11-1-13-24-20(28)26-18-7-3-16(4-8-18)15-17-5-9-19(10-6-17)27-21(29)25-14-2-12-23/h3-10H,1-2,11-15H2,(H2,24,26,28)(H2,25,27,29).